The molecule has 0 N–H and O–H groups in total. The van der Waals surface area contributed by atoms with Crippen molar-refractivity contribution in [2.24, 2.45) is 0 Å². The average molecular weight is 885 g/mol. The molecule has 316 valence electrons. The van der Waals surface area contributed by atoms with Gasteiger partial charge in [0.2, 0.25) is 0 Å². The fraction of sp³-hybridized carbons (Fsp3) is 0. The number of benzene rings is 10. The lowest BCUT2D eigenvalue weighted by atomic mass is 9.45. The largest absolute Gasteiger partial charge is 0.455 e. The summed E-state index contributed by atoms with van der Waals surface area (Å²) in [6.45, 7) is -0.247. The van der Waals surface area contributed by atoms with E-state index < -0.39 is 0 Å². The summed E-state index contributed by atoms with van der Waals surface area (Å²) >= 11 is 0. The number of rotatable bonds is 0. The van der Waals surface area contributed by atoms with Gasteiger partial charge in [-0.2, -0.15) is 0 Å². The van der Waals surface area contributed by atoms with Crippen LogP contribution in [0.1, 0.15) is 0 Å². The van der Waals surface area contributed by atoms with Gasteiger partial charge in [0.05, 0.1) is 43.9 Å². The summed E-state index contributed by atoms with van der Waals surface area (Å²) in [6.07, 6.45) is 0. The normalized spacial score (nSPS) is 13.9. The Labute approximate surface area is 396 Å². The zero-order valence-corrected chi connectivity index (χ0v) is 37.1. The lowest BCUT2D eigenvalue weighted by molar-refractivity contribution is 0.672. The van der Waals surface area contributed by atoms with E-state index in [1.807, 2.05) is 0 Å². The number of aromatic nitrogens is 4. The Kier molecular flexibility index (Phi) is 5.41. The molecule has 0 spiro atoms. The molecule has 10 heterocycles. The molecule has 4 aliphatic rings. The Morgan fingerprint density at radius 2 is 0.714 bits per heavy atom. The molecule has 10 aromatic carbocycles. The molecule has 6 aromatic heterocycles. The van der Waals surface area contributed by atoms with E-state index >= 15 is 0 Å². The Morgan fingerprint density at radius 1 is 0.314 bits per heavy atom. The third-order valence-electron chi connectivity index (χ3n) is 17.3. The zero-order chi connectivity index (χ0) is 44.6. The highest BCUT2D eigenvalue weighted by atomic mass is 16.3. The Bertz CT molecular complexity index is 4960. The zero-order valence-electron chi connectivity index (χ0n) is 37.1. The van der Waals surface area contributed by atoms with E-state index in [9.17, 15) is 0 Å². The van der Waals surface area contributed by atoms with Gasteiger partial charge in [-0.3, -0.25) is 0 Å². The van der Waals surface area contributed by atoms with Gasteiger partial charge in [-0.1, -0.05) is 146 Å². The van der Waals surface area contributed by atoms with Crippen molar-refractivity contribution < 1.29 is 8.83 Å². The number of furan rings is 2. The van der Waals surface area contributed by atoms with Crippen molar-refractivity contribution in [3.8, 4) is 33.6 Å². The van der Waals surface area contributed by atoms with Gasteiger partial charge in [-0.15, -0.1) is 0 Å². The van der Waals surface area contributed by atoms with Crippen molar-refractivity contribution in [3.05, 3.63) is 182 Å². The van der Waals surface area contributed by atoms with Crippen LogP contribution in [-0.4, -0.2) is 31.8 Å². The van der Waals surface area contributed by atoms with Crippen molar-refractivity contribution in [1.82, 2.24) is 18.1 Å². The quantitative estimate of drug-likeness (QED) is 0.142. The lowest BCUT2D eigenvalue weighted by Crippen LogP contribution is -2.55. The van der Waals surface area contributed by atoms with Gasteiger partial charge in [0.25, 0.3) is 0 Å². The molecule has 70 heavy (non-hydrogen) atoms. The van der Waals surface area contributed by atoms with Crippen molar-refractivity contribution in [3.63, 3.8) is 0 Å². The summed E-state index contributed by atoms with van der Waals surface area (Å²) in [5.74, 6) is 0. The molecule has 0 atom stereocenters. The van der Waals surface area contributed by atoms with E-state index in [0.29, 0.717) is 0 Å². The summed E-state index contributed by atoms with van der Waals surface area (Å²) < 4.78 is 24.9. The molecule has 0 radical (unpaired) electrons. The highest BCUT2D eigenvalue weighted by molar-refractivity contribution is 6.92. The van der Waals surface area contributed by atoms with E-state index in [4.69, 9.17) is 8.83 Å². The minimum Gasteiger partial charge on any atom is -0.455 e. The smallest absolute Gasteiger partial charge is 0.333 e. The molecular weight excluding hydrogens is 854 g/mol. The maximum atomic E-state index is 7.12. The topological polar surface area (TPSA) is 46.0 Å². The number of fused-ring (bicyclic) bond motifs is 31. The SMILES string of the molecule is c1ccc2c(c1)B1c3c(c4c5ccccc5oc4c4c5ccccc5n-2c34)-c2cccc3c2n1c1c2cccc4c2n(c31)B1c2ccccc2-n2c3ccccc3c3c5oc6ccccc6c5c-4c1c32. The monoisotopic (exact) mass is 884 g/mol. The third-order valence-corrected chi connectivity index (χ3v) is 17.3. The molecule has 6 nitrogen and oxygen atoms in total. The first-order valence-corrected chi connectivity index (χ1v) is 24.4. The molecule has 16 aromatic rings. The maximum absolute atomic E-state index is 7.12. The molecule has 0 saturated carbocycles. The van der Waals surface area contributed by atoms with Gasteiger partial charge in [-0.25, -0.2) is 0 Å². The van der Waals surface area contributed by atoms with Crippen molar-refractivity contribution in [2.75, 3.05) is 0 Å². The van der Waals surface area contributed by atoms with Crippen LogP contribution in [0.2, 0.25) is 0 Å². The van der Waals surface area contributed by atoms with Crippen LogP contribution in [0.3, 0.4) is 0 Å². The molecule has 20 rings (SSSR count). The third kappa shape index (κ3) is 3.40. The van der Waals surface area contributed by atoms with Gasteiger partial charge < -0.3 is 26.9 Å². The van der Waals surface area contributed by atoms with E-state index in [1.165, 1.54) is 143 Å². The molecule has 8 heteroatoms. The minimum atomic E-state index is -0.123. The summed E-state index contributed by atoms with van der Waals surface area (Å²) in [5.41, 5.74) is 26.5. The van der Waals surface area contributed by atoms with Crippen LogP contribution in [0.25, 0.3) is 154 Å². The highest BCUT2D eigenvalue weighted by Gasteiger charge is 2.48. The summed E-state index contributed by atoms with van der Waals surface area (Å²) in [6, 6.07) is 67.8. The summed E-state index contributed by atoms with van der Waals surface area (Å²) in [5, 5.41) is 12.0. The van der Waals surface area contributed by atoms with Crippen molar-refractivity contribution in [1.29, 1.82) is 0 Å². The average Bonchev–Trinajstić information content (AvgIpc) is 4.26. The Hall–Kier alpha value is -9.13. The van der Waals surface area contributed by atoms with Crippen LogP contribution >= 0.6 is 0 Å². The van der Waals surface area contributed by atoms with Crippen molar-refractivity contribution in [2.45, 2.75) is 0 Å². The predicted molar refractivity (Wildman–Crippen MR) is 290 cm³/mol. The van der Waals surface area contributed by atoms with Gasteiger partial charge in [0.15, 0.2) is 0 Å². The van der Waals surface area contributed by atoms with Crippen LogP contribution in [-0.2, 0) is 0 Å². The van der Waals surface area contributed by atoms with E-state index in [-0.39, 0.29) is 13.7 Å². The van der Waals surface area contributed by atoms with Crippen LogP contribution in [0, 0.1) is 0 Å². The van der Waals surface area contributed by atoms with Crippen LogP contribution in [0.4, 0.5) is 0 Å². The fourth-order valence-corrected chi connectivity index (χ4v) is 15.1. The first kappa shape index (κ1) is 34.2. The number of hydrogen-bond donors (Lipinski definition) is 0. The summed E-state index contributed by atoms with van der Waals surface area (Å²) in [4.78, 5) is 0. The van der Waals surface area contributed by atoms with Crippen LogP contribution in [0.15, 0.2) is 191 Å². The molecule has 0 saturated heterocycles. The van der Waals surface area contributed by atoms with E-state index in [2.05, 4.69) is 200 Å². The molecule has 0 bridgehead atoms. The van der Waals surface area contributed by atoms with Gasteiger partial charge in [0.1, 0.15) is 22.3 Å². The Morgan fingerprint density at radius 3 is 1.20 bits per heavy atom. The number of para-hydroxylation sites is 8. The summed E-state index contributed by atoms with van der Waals surface area (Å²) in [7, 11) is 0. The first-order valence-electron chi connectivity index (χ1n) is 24.4. The molecule has 0 fully saturated rings. The maximum Gasteiger partial charge on any atom is 0.333 e. The second kappa shape index (κ2) is 11.1. The molecule has 0 unspecified atom stereocenters. The predicted octanol–water partition coefficient (Wildman–Crippen LogP) is 12.6. The Balaban J connectivity index is 1.05. The number of hydrogen-bond acceptors (Lipinski definition) is 2. The fourth-order valence-electron chi connectivity index (χ4n) is 15.1. The second-order valence-electron chi connectivity index (χ2n) is 20.1. The molecule has 0 aliphatic carbocycles. The first-order chi connectivity index (χ1) is 34.8. The number of nitrogens with zero attached hydrogens (tertiary/aromatic N) is 4. The minimum absolute atomic E-state index is 0.123. The highest BCUT2D eigenvalue weighted by Crippen LogP contribution is 2.54. The molecule has 4 aliphatic heterocycles. The van der Waals surface area contributed by atoms with Crippen molar-refractivity contribution >= 4 is 156 Å². The molecular formula is C62H30B2N4O2. The van der Waals surface area contributed by atoms with Crippen LogP contribution < -0.4 is 21.9 Å². The lowest BCUT2D eigenvalue weighted by Gasteiger charge is -2.34. The van der Waals surface area contributed by atoms with Crippen LogP contribution in [0.5, 0.6) is 0 Å². The second-order valence-corrected chi connectivity index (χ2v) is 20.1. The molecule has 0 amide bonds. The van der Waals surface area contributed by atoms with Gasteiger partial charge in [0, 0.05) is 76.6 Å². The van der Waals surface area contributed by atoms with Gasteiger partial charge in [-0.05, 0) is 69.4 Å². The standard InChI is InChI=1S/C62H30B2N4O2/c1-7-25-41-31(15-1)51-59-53-47(49-33-17-3-11-29-45(33)69-61(49)51)35-19-13-21-37-55(35)67(63(53)39-23-5-9-27-43(39)65(41)59)57-38-22-14-20-36-48-50-34-18-4-12-30-46(34)70-62(50)52-32-16-2-8-26-42(32)66-44-28-10-6-24-40(44)64(54(48)60(52)66)68(56(36)38)58(37)57/h1-30H. The van der Waals surface area contributed by atoms with Gasteiger partial charge >= 0.3 is 13.7 Å². The van der Waals surface area contributed by atoms with E-state index in [0.717, 1.165) is 33.1 Å². The van der Waals surface area contributed by atoms with E-state index in [1.54, 1.807) is 0 Å².